The molecule has 3 unspecified atom stereocenters. The number of rotatable bonds is 5. The molecule has 0 bridgehead atoms. The largest absolute Gasteiger partial charge is 0.379 e. The standard InChI is InChI=1S/C21H22ClF2N3O4S/c1-10-2-3-11(6-14(10)22)21(23,24)20(31)25-7-16-12-8-27(19(30)13(12)9-32-16)15-4-5-17(28)26-18(15)29/h2-3,6,9,15,17-18,26,28-29H,4-5,7-8H2,1H3,(H,25,31). The first-order chi connectivity index (χ1) is 15.1. The van der Waals surface area contributed by atoms with Crippen molar-refractivity contribution in [2.45, 2.75) is 57.3 Å². The third-order valence-electron chi connectivity index (χ3n) is 5.89. The van der Waals surface area contributed by atoms with Crippen LogP contribution in [0.1, 0.15) is 44.8 Å². The molecule has 0 radical (unpaired) electrons. The van der Waals surface area contributed by atoms with E-state index in [1.807, 2.05) is 0 Å². The summed E-state index contributed by atoms with van der Waals surface area (Å²) in [5.74, 6) is -5.49. The van der Waals surface area contributed by atoms with Gasteiger partial charge in [-0.25, -0.2) is 0 Å². The number of carbonyl (C=O) groups is 2. The SMILES string of the molecule is Cc1ccc(C(F)(F)C(=O)NCc2scc3c2CN(C2CCC(O)NC2O)C3=O)cc1Cl. The average Bonchev–Trinajstić information content (AvgIpc) is 3.28. The van der Waals surface area contributed by atoms with E-state index in [2.05, 4.69) is 10.6 Å². The van der Waals surface area contributed by atoms with Crippen molar-refractivity contribution in [3.63, 3.8) is 0 Å². The molecule has 172 valence electrons. The average molecular weight is 486 g/mol. The second-order valence-electron chi connectivity index (χ2n) is 7.98. The van der Waals surface area contributed by atoms with Crippen molar-refractivity contribution in [1.82, 2.24) is 15.5 Å². The Labute approximate surface area is 192 Å². The fourth-order valence-corrected chi connectivity index (χ4v) is 5.14. The van der Waals surface area contributed by atoms with Crippen molar-refractivity contribution in [2.24, 2.45) is 0 Å². The first-order valence-corrected chi connectivity index (χ1v) is 11.3. The summed E-state index contributed by atoms with van der Waals surface area (Å²) < 4.78 is 29.2. The monoisotopic (exact) mass is 485 g/mol. The van der Waals surface area contributed by atoms with Gasteiger partial charge in [0.25, 0.3) is 11.8 Å². The van der Waals surface area contributed by atoms with Gasteiger partial charge in [0.15, 0.2) is 0 Å². The number of piperidine rings is 1. The second-order valence-corrected chi connectivity index (χ2v) is 9.35. The van der Waals surface area contributed by atoms with E-state index in [1.54, 1.807) is 12.3 Å². The van der Waals surface area contributed by atoms with Gasteiger partial charge in [-0.2, -0.15) is 8.78 Å². The van der Waals surface area contributed by atoms with Gasteiger partial charge in [-0.1, -0.05) is 23.7 Å². The van der Waals surface area contributed by atoms with Crippen LogP contribution in [0.5, 0.6) is 0 Å². The highest BCUT2D eigenvalue weighted by atomic mass is 35.5. The van der Waals surface area contributed by atoms with Crippen molar-refractivity contribution < 1.29 is 28.6 Å². The number of nitrogens with zero attached hydrogens (tertiary/aromatic N) is 1. The minimum absolute atomic E-state index is 0.150. The molecule has 32 heavy (non-hydrogen) atoms. The van der Waals surface area contributed by atoms with Crippen molar-refractivity contribution in [2.75, 3.05) is 0 Å². The summed E-state index contributed by atoms with van der Waals surface area (Å²) in [6, 6.07) is 3.16. The topological polar surface area (TPSA) is 102 Å². The summed E-state index contributed by atoms with van der Waals surface area (Å²) in [6.07, 6.45) is -1.09. The summed E-state index contributed by atoms with van der Waals surface area (Å²) >= 11 is 7.13. The van der Waals surface area contributed by atoms with E-state index >= 15 is 0 Å². The van der Waals surface area contributed by atoms with Crippen LogP contribution < -0.4 is 10.6 Å². The molecule has 1 aromatic carbocycles. The number of halogens is 3. The molecular weight excluding hydrogens is 464 g/mol. The highest BCUT2D eigenvalue weighted by Gasteiger charge is 2.42. The number of alkyl halides is 2. The minimum atomic E-state index is -3.77. The number of benzene rings is 1. The number of aryl methyl sites for hydroxylation is 1. The van der Waals surface area contributed by atoms with Gasteiger partial charge >= 0.3 is 5.92 Å². The van der Waals surface area contributed by atoms with E-state index in [1.165, 1.54) is 28.4 Å². The van der Waals surface area contributed by atoms with Crippen molar-refractivity contribution in [1.29, 1.82) is 0 Å². The third kappa shape index (κ3) is 4.13. The molecule has 7 nitrogen and oxygen atoms in total. The Balaban J connectivity index is 1.44. The Hall–Kier alpha value is -2.11. The number of hydrogen-bond donors (Lipinski definition) is 4. The van der Waals surface area contributed by atoms with E-state index in [0.717, 1.165) is 6.07 Å². The first kappa shape index (κ1) is 23.1. The molecule has 0 saturated carbocycles. The first-order valence-electron chi connectivity index (χ1n) is 10.0. The normalized spacial score (nSPS) is 23.4. The lowest BCUT2D eigenvalue weighted by molar-refractivity contribution is -0.147. The predicted molar refractivity (Wildman–Crippen MR) is 114 cm³/mol. The number of aliphatic hydroxyl groups excluding tert-OH is 2. The molecule has 3 heterocycles. The van der Waals surface area contributed by atoms with Crippen molar-refractivity contribution in [3.05, 3.63) is 55.7 Å². The summed E-state index contributed by atoms with van der Waals surface area (Å²) in [5, 5.41) is 26.5. The number of carbonyl (C=O) groups excluding carboxylic acids is 2. The molecule has 0 spiro atoms. The highest BCUT2D eigenvalue weighted by molar-refractivity contribution is 7.10. The number of nitrogens with one attached hydrogen (secondary N) is 2. The molecule has 4 N–H and O–H groups in total. The molecule has 3 atom stereocenters. The zero-order valence-electron chi connectivity index (χ0n) is 17.1. The van der Waals surface area contributed by atoms with Gasteiger partial charge in [-0.3, -0.25) is 14.9 Å². The Morgan fingerprint density at radius 3 is 2.81 bits per heavy atom. The molecule has 2 amide bonds. The quantitative estimate of drug-likeness (QED) is 0.521. The molecule has 1 saturated heterocycles. The van der Waals surface area contributed by atoms with Gasteiger partial charge in [0.05, 0.1) is 18.2 Å². The maximum atomic E-state index is 14.6. The van der Waals surface area contributed by atoms with Gasteiger partial charge < -0.3 is 20.4 Å². The second kappa shape index (κ2) is 8.68. The van der Waals surface area contributed by atoms with Crippen molar-refractivity contribution in [3.8, 4) is 0 Å². The van der Waals surface area contributed by atoms with Crippen LogP contribution in [-0.4, -0.2) is 45.4 Å². The smallest absolute Gasteiger partial charge is 0.349 e. The molecule has 1 aromatic heterocycles. The Morgan fingerprint density at radius 2 is 2.12 bits per heavy atom. The zero-order valence-corrected chi connectivity index (χ0v) is 18.6. The molecule has 4 rings (SSSR count). The van der Waals surface area contributed by atoms with Crippen LogP contribution >= 0.6 is 22.9 Å². The number of hydrogen-bond acceptors (Lipinski definition) is 6. The number of thiophene rings is 1. The molecule has 11 heteroatoms. The number of amides is 2. The van der Waals surface area contributed by atoms with E-state index in [4.69, 9.17) is 11.6 Å². The highest BCUT2D eigenvalue weighted by Crippen LogP contribution is 2.35. The van der Waals surface area contributed by atoms with Crippen LogP contribution in [-0.2, 0) is 23.8 Å². The fraction of sp³-hybridized carbons (Fsp3) is 0.429. The van der Waals surface area contributed by atoms with Gasteiger partial charge in [-0.15, -0.1) is 11.3 Å². The minimum Gasteiger partial charge on any atom is -0.379 e. The summed E-state index contributed by atoms with van der Waals surface area (Å²) in [4.78, 5) is 27.2. The van der Waals surface area contributed by atoms with Crippen LogP contribution in [0.4, 0.5) is 8.78 Å². The third-order valence-corrected chi connectivity index (χ3v) is 7.33. The molecule has 2 aliphatic rings. The van der Waals surface area contributed by atoms with Crippen LogP contribution in [0.25, 0.3) is 0 Å². The molecular formula is C21H22ClF2N3O4S. The predicted octanol–water partition coefficient (Wildman–Crippen LogP) is 2.46. The zero-order chi connectivity index (χ0) is 23.2. The molecule has 2 aromatic rings. The Bertz CT molecular complexity index is 1060. The van der Waals surface area contributed by atoms with Gasteiger partial charge in [-0.05, 0) is 37.0 Å². The summed E-state index contributed by atoms with van der Waals surface area (Å²) in [7, 11) is 0. The lowest BCUT2D eigenvalue weighted by Gasteiger charge is -2.37. The van der Waals surface area contributed by atoms with Gasteiger partial charge in [0.2, 0.25) is 0 Å². The van der Waals surface area contributed by atoms with Crippen molar-refractivity contribution >= 4 is 34.8 Å². The van der Waals surface area contributed by atoms with E-state index in [-0.39, 0.29) is 24.0 Å². The molecule has 2 aliphatic heterocycles. The van der Waals surface area contributed by atoms with Gasteiger partial charge in [0, 0.05) is 27.4 Å². The number of aliphatic hydroxyl groups is 2. The van der Waals surface area contributed by atoms with Crippen LogP contribution in [0.3, 0.4) is 0 Å². The van der Waals surface area contributed by atoms with Crippen LogP contribution in [0, 0.1) is 6.92 Å². The summed E-state index contributed by atoms with van der Waals surface area (Å²) in [5.41, 5.74) is 1.22. The maximum absolute atomic E-state index is 14.6. The fourth-order valence-electron chi connectivity index (χ4n) is 3.98. The van der Waals surface area contributed by atoms with E-state index < -0.39 is 35.9 Å². The lowest BCUT2D eigenvalue weighted by Crippen LogP contribution is -2.57. The Kier molecular flexibility index (Phi) is 6.25. The van der Waals surface area contributed by atoms with Crippen LogP contribution in [0.15, 0.2) is 23.6 Å². The molecule has 1 fully saturated rings. The summed E-state index contributed by atoms with van der Waals surface area (Å²) in [6.45, 7) is 1.72. The van der Waals surface area contributed by atoms with Crippen LogP contribution in [0.2, 0.25) is 5.02 Å². The maximum Gasteiger partial charge on any atom is 0.349 e. The molecule has 0 aliphatic carbocycles. The lowest BCUT2D eigenvalue weighted by atomic mass is 10.0. The van der Waals surface area contributed by atoms with E-state index in [9.17, 15) is 28.6 Å². The van der Waals surface area contributed by atoms with Gasteiger partial charge in [0.1, 0.15) is 12.5 Å². The number of fused-ring (bicyclic) bond motifs is 1. The Morgan fingerprint density at radius 1 is 1.38 bits per heavy atom. The van der Waals surface area contributed by atoms with E-state index in [0.29, 0.717) is 34.4 Å².